The number of oxazole rings is 1. The van der Waals surface area contributed by atoms with Crippen LogP contribution in [-0.4, -0.2) is 9.19 Å². The monoisotopic (exact) mass is 323 g/mol. The molecule has 0 fully saturated rings. The molecule has 0 N–H and O–H groups in total. The van der Waals surface area contributed by atoms with Crippen LogP contribution >= 0.6 is 0 Å². The van der Waals surface area contributed by atoms with Crippen molar-refractivity contribution >= 4 is 10.8 Å². The number of benzene rings is 1. The predicted octanol–water partition coefficient (Wildman–Crippen LogP) is 3.83. The van der Waals surface area contributed by atoms with Crippen LogP contribution in [0.1, 0.15) is 11.5 Å². The van der Waals surface area contributed by atoms with Crippen molar-refractivity contribution in [1.82, 2.24) is 4.98 Å². The number of furan rings is 1. The zero-order valence-electron chi connectivity index (χ0n) is 11.5. The standard InChI is InChI=1S/C15H11F2NO3S/c1-9-13(5-6-20-9)22(19)8-10-7-21-15(18-10)14-11(16)3-2-4-12(14)17/h2-7H,8H2,1H3/t22-/m1/s1. The van der Waals surface area contributed by atoms with Crippen molar-refractivity contribution in [2.24, 2.45) is 0 Å². The number of aryl methyl sites for hydroxylation is 1. The van der Waals surface area contributed by atoms with Gasteiger partial charge in [0.25, 0.3) is 0 Å². The third-order valence-corrected chi connectivity index (χ3v) is 4.54. The van der Waals surface area contributed by atoms with Crippen molar-refractivity contribution in [3.63, 3.8) is 0 Å². The molecule has 0 unspecified atom stereocenters. The Balaban J connectivity index is 1.86. The highest BCUT2D eigenvalue weighted by Crippen LogP contribution is 2.26. The molecule has 0 aliphatic heterocycles. The number of hydrogen-bond acceptors (Lipinski definition) is 4. The number of rotatable bonds is 4. The van der Waals surface area contributed by atoms with Gasteiger partial charge in [-0.25, -0.2) is 13.8 Å². The Kier molecular flexibility index (Phi) is 3.89. The van der Waals surface area contributed by atoms with Crippen molar-refractivity contribution in [3.05, 3.63) is 59.9 Å². The van der Waals surface area contributed by atoms with Crippen LogP contribution in [0.25, 0.3) is 11.5 Å². The van der Waals surface area contributed by atoms with E-state index in [4.69, 9.17) is 8.83 Å². The molecule has 0 saturated carbocycles. The van der Waals surface area contributed by atoms with Gasteiger partial charge in [-0.15, -0.1) is 0 Å². The summed E-state index contributed by atoms with van der Waals surface area (Å²) in [5, 5.41) is 0. The maximum absolute atomic E-state index is 13.7. The van der Waals surface area contributed by atoms with Gasteiger partial charge in [0.05, 0.1) is 33.4 Å². The number of nitrogens with zero attached hydrogens (tertiary/aromatic N) is 1. The van der Waals surface area contributed by atoms with E-state index in [1.54, 1.807) is 13.0 Å². The Morgan fingerprint density at radius 1 is 1.18 bits per heavy atom. The molecule has 0 aliphatic carbocycles. The van der Waals surface area contributed by atoms with Gasteiger partial charge in [0.2, 0.25) is 5.89 Å². The number of halogens is 2. The Hall–Kier alpha value is -2.28. The first-order valence-corrected chi connectivity index (χ1v) is 7.69. The van der Waals surface area contributed by atoms with Crippen molar-refractivity contribution < 1.29 is 21.8 Å². The van der Waals surface area contributed by atoms with Gasteiger partial charge in [-0.1, -0.05) is 6.07 Å². The molecule has 114 valence electrons. The van der Waals surface area contributed by atoms with Crippen LogP contribution in [0.4, 0.5) is 8.78 Å². The summed E-state index contributed by atoms with van der Waals surface area (Å²) in [6.45, 7) is 1.70. The van der Waals surface area contributed by atoms with Crippen molar-refractivity contribution in [1.29, 1.82) is 0 Å². The highest BCUT2D eigenvalue weighted by molar-refractivity contribution is 7.84. The molecule has 2 heterocycles. The SMILES string of the molecule is Cc1occc1[S@](=O)Cc1coc(-c2c(F)cccc2F)n1. The van der Waals surface area contributed by atoms with Gasteiger partial charge in [-0.3, -0.25) is 4.21 Å². The van der Waals surface area contributed by atoms with E-state index in [0.717, 1.165) is 12.1 Å². The zero-order valence-corrected chi connectivity index (χ0v) is 12.3. The molecular formula is C15H11F2NO3S. The first-order valence-electron chi connectivity index (χ1n) is 6.37. The first kappa shape index (κ1) is 14.6. The molecule has 0 radical (unpaired) electrons. The van der Waals surface area contributed by atoms with E-state index < -0.39 is 22.4 Å². The summed E-state index contributed by atoms with van der Waals surface area (Å²) >= 11 is 0. The Morgan fingerprint density at radius 3 is 2.55 bits per heavy atom. The van der Waals surface area contributed by atoms with E-state index in [1.165, 1.54) is 18.6 Å². The van der Waals surface area contributed by atoms with E-state index >= 15 is 0 Å². The second kappa shape index (κ2) is 5.84. The maximum Gasteiger partial charge on any atom is 0.232 e. The van der Waals surface area contributed by atoms with Gasteiger partial charge in [-0.2, -0.15) is 0 Å². The lowest BCUT2D eigenvalue weighted by Crippen LogP contribution is -1.97. The second-order valence-corrected chi connectivity index (χ2v) is 5.99. The van der Waals surface area contributed by atoms with Gasteiger partial charge >= 0.3 is 0 Å². The van der Waals surface area contributed by atoms with Crippen LogP contribution in [0.15, 0.2) is 50.5 Å². The lowest BCUT2D eigenvalue weighted by atomic mass is 10.2. The van der Waals surface area contributed by atoms with Gasteiger partial charge in [0, 0.05) is 0 Å². The minimum Gasteiger partial charge on any atom is -0.468 e. The van der Waals surface area contributed by atoms with Crippen molar-refractivity contribution in [3.8, 4) is 11.5 Å². The first-order chi connectivity index (χ1) is 10.6. The summed E-state index contributed by atoms with van der Waals surface area (Å²) in [6.07, 6.45) is 2.69. The molecule has 1 aromatic carbocycles. The highest BCUT2D eigenvalue weighted by atomic mass is 32.2. The molecule has 0 saturated heterocycles. The van der Waals surface area contributed by atoms with E-state index in [-0.39, 0.29) is 17.2 Å². The van der Waals surface area contributed by atoms with E-state index in [1.807, 2.05) is 0 Å². The van der Waals surface area contributed by atoms with Gasteiger partial charge < -0.3 is 8.83 Å². The molecule has 3 rings (SSSR count). The van der Waals surface area contributed by atoms with Crippen LogP contribution in [0, 0.1) is 18.6 Å². The van der Waals surface area contributed by atoms with E-state index in [9.17, 15) is 13.0 Å². The topological polar surface area (TPSA) is 56.2 Å². The number of aromatic nitrogens is 1. The smallest absolute Gasteiger partial charge is 0.232 e. The summed E-state index contributed by atoms with van der Waals surface area (Å²) in [4.78, 5) is 4.57. The third-order valence-electron chi connectivity index (χ3n) is 3.06. The normalized spacial score (nSPS) is 12.5. The predicted molar refractivity (Wildman–Crippen MR) is 75.4 cm³/mol. The lowest BCUT2D eigenvalue weighted by Gasteiger charge is -1.99. The average molecular weight is 323 g/mol. The zero-order chi connectivity index (χ0) is 15.7. The Bertz CT molecular complexity index is 821. The quantitative estimate of drug-likeness (QED) is 0.732. The molecule has 3 aromatic rings. The summed E-state index contributed by atoms with van der Waals surface area (Å²) < 4.78 is 49.7. The molecule has 4 nitrogen and oxygen atoms in total. The summed E-state index contributed by atoms with van der Waals surface area (Å²) in [6, 6.07) is 5.11. The van der Waals surface area contributed by atoms with E-state index in [0.29, 0.717) is 16.3 Å². The summed E-state index contributed by atoms with van der Waals surface area (Å²) in [5.41, 5.74) is 0.00982. The second-order valence-electron chi connectivity index (χ2n) is 4.57. The molecule has 0 amide bonds. The molecule has 2 aromatic heterocycles. The fourth-order valence-electron chi connectivity index (χ4n) is 2.01. The molecular weight excluding hydrogens is 312 g/mol. The molecule has 7 heteroatoms. The summed E-state index contributed by atoms with van der Waals surface area (Å²) in [5.74, 6) is -1.07. The largest absolute Gasteiger partial charge is 0.468 e. The molecule has 0 bridgehead atoms. The number of hydrogen-bond donors (Lipinski definition) is 0. The fraction of sp³-hybridized carbons (Fsp3) is 0.133. The highest BCUT2D eigenvalue weighted by Gasteiger charge is 2.18. The van der Waals surface area contributed by atoms with Gasteiger partial charge in [0.1, 0.15) is 29.2 Å². The summed E-state index contributed by atoms with van der Waals surface area (Å²) in [7, 11) is -1.37. The molecule has 1 atom stereocenters. The minimum atomic E-state index is -1.37. The maximum atomic E-state index is 13.7. The lowest BCUT2D eigenvalue weighted by molar-refractivity contribution is 0.525. The van der Waals surface area contributed by atoms with Crippen LogP contribution < -0.4 is 0 Å². The Morgan fingerprint density at radius 2 is 1.91 bits per heavy atom. The molecule has 22 heavy (non-hydrogen) atoms. The minimum absolute atomic E-state index is 0.0694. The van der Waals surface area contributed by atoms with E-state index in [2.05, 4.69) is 4.98 Å². The fourth-order valence-corrected chi connectivity index (χ4v) is 3.14. The molecule has 0 aliphatic rings. The Labute approximate surface area is 127 Å². The molecule has 0 spiro atoms. The average Bonchev–Trinajstić information content (AvgIpc) is 3.08. The van der Waals surface area contributed by atoms with Gasteiger partial charge in [0.15, 0.2) is 0 Å². The van der Waals surface area contributed by atoms with Crippen LogP contribution in [0.3, 0.4) is 0 Å². The van der Waals surface area contributed by atoms with Crippen LogP contribution in [-0.2, 0) is 16.6 Å². The van der Waals surface area contributed by atoms with Crippen molar-refractivity contribution in [2.45, 2.75) is 17.6 Å². The van der Waals surface area contributed by atoms with Crippen LogP contribution in [0.5, 0.6) is 0 Å². The van der Waals surface area contributed by atoms with Crippen molar-refractivity contribution in [2.75, 3.05) is 0 Å². The third kappa shape index (κ3) is 2.71. The van der Waals surface area contributed by atoms with Gasteiger partial charge in [-0.05, 0) is 25.1 Å². The van der Waals surface area contributed by atoms with Crippen LogP contribution in [0.2, 0.25) is 0 Å².